The Morgan fingerprint density at radius 2 is 1.62 bits per heavy atom. The number of anilines is 1. The number of nitrogens with zero attached hydrogens (tertiary/aromatic N) is 1. The van der Waals surface area contributed by atoms with Gasteiger partial charge in [0.05, 0.1) is 22.8 Å². The van der Waals surface area contributed by atoms with Gasteiger partial charge in [0.25, 0.3) is 15.9 Å². The molecule has 0 aliphatic heterocycles. The van der Waals surface area contributed by atoms with Crippen molar-refractivity contribution in [1.29, 1.82) is 0 Å². The van der Waals surface area contributed by atoms with E-state index in [1.165, 1.54) is 6.07 Å². The van der Waals surface area contributed by atoms with Crippen molar-refractivity contribution in [2.75, 3.05) is 4.72 Å². The van der Waals surface area contributed by atoms with Crippen molar-refractivity contribution in [3.63, 3.8) is 0 Å². The number of para-hydroxylation sites is 2. The molecule has 1 amide bonds. The van der Waals surface area contributed by atoms with Crippen molar-refractivity contribution in [3.05, 3.63) is 102 Å². The minimum atomic E-state index is -3.97. The van der Waals surface area contributed by atoms with Crippen LogP contribution in [0.15, 0.2) is 96.0 Å². The average molecular weight is 446 g/mol. The van der Waals surface area contributed by atoms with Crippen LogP contribution in [0.2, 0.25) is 0 Å². The van der Waals surface area contributed by atoms with Gasteiger partial charge in [0, 0.05) is 11.6 Å². The molecule has 162 valence electrons. The van der Waals surface area contributed by atoms with Crippen LogP contribution in [0, 0.1) is 0 Å². The van der Waals surface area contributed by atoms with Crippen LogP contribution in [0.5, 0.6) is 0 Å². The predicted octanol–water partition coefficient (Wildman–Crippen LogP) is 4.92. The third-order valence-electron chi connectivity index (χ3n) is 5.22. The number of fused-ring (bicyclic) bond motifs is 1. The molecule has 0 radical (unpaired) electrons. The number of sulfonamides is 1. The Kier molecular flexibility index (Phi) is 6.18. The summed E-state index contributed by atoms with van der Waals surface area (Å²) in [7, 11) is -3.97. The van der Waals surface area contributed by atoms with Gasteiger partial charge in [-0.05, 0) is 36.2 Å². The van der Waals surface area contributed by atoms with Crippen molar-refractivity contribution < 1.29 is 13.2 Å². The number of hydrogen-bond acceptors (Lipinski definition) is 4. The Hall–Kier alpha value is -3.71. The maximum Gasteiger partial charge on any atom is 0.264 e. The number of carbonyl (C=O) groups is 1. The standard InChI is InChI=1S/C25H23N3O3S/c1-2-21(18-10-4-3-5-11-18)27-25(29)20-14-6-7-15-22(20)28-32(30,31)23-16-8-12-19-13-9-17-26-24(19)23/h3-17,21,28H,2H2,1H3,(H,27,29)/t21-/m0/s1. The van der Waals surface area contributed by atoms with E-state index < -0.39 is 10.0 Å². The number of aromatic nitrogens is 1. The Labute approximate surface area is 187 Å². The number of benzene rings is 3. The first-order valence-electron chi connectivity index (χ1n) is 10.3. The molecule has 0 saturated carbocycles. The maximum atomic E-state index is 13.2. The van der Waals surface area contributed by atoms with Crippen LogP contribution in [-0.2, 0) is 10.0 Å². The van der Waals surface area contributed by atoms with Crippen molar-refractivity contribution in [2.24, 2.45) is 0 Å². The third kappa shape index (κ3) is 4.48. The lowest BCUT2D eigenvalue weighted by molar-refractivity contribution is 0.0936. The molecule has 4 aromatic rings. The summed E-state index contributed by atoms with van der Waals surface area (Å²) in [4.78, 5) is 17.4. The van der Waals surface area contributed by atoms with E-state index in [9.17, 15) is 13.2 Å². The molecule has 1 aromatic heterocycles. The minimum absolute atomic E-state index is 0.0570. The molecule has 0 spiro atoms. The van der Waals surface area contributed by atoms with E-state index in [0.29, 0.717) is 11.9 Å². The van der Waals surface area contributed by atoms with Crippen molar-refractivity contribution >= 4 is 32.5 Å². The van der Waals surface area contributed by atoms with Crippen LogP contribution in [-0.4, -0.2) is 19.3 Å². The molecular formula is C25H23N3O3S. The fourth-order valence-corrected chi connectivity index (χ4v) is 4.87. The van der Waals surface area contributed by atoms with Crippen LogP contribution >= 0.6 is 0 Å². The van der Waals surface area contributed by atoms with E-state index in [0.717, 1.165) is 10.9 Å². The largest absolute Gasteiger partial charge is 0.345 e. The summed E-state index contributed by atoms with van der Waals surface area (Å²) in [6.45, 7) is 1.99. The van der Waals surface area contributed by atoms with Crippen LogP contribution in [0.25, 0.3) is 10.9 Å². The van der Waals surface area contributed by atoms with Crippen LogP contribution < -0.4 is 10.0 Å². The summed E-state index contributed by atoms with van der Waals surface area (Å²) >= 11 is 0. The van der Waals surface area contributed by atoms with E-state index in [1.807, 2.05) is 37.3 Å². The molecule has 3 aromatic carbocycles. The lowest BCUT2D eigenvalue weighted by Crippen LogP contribution is -2.29. The Balaban J connectivity index is 1.64. The van der Waals surface area contributed by atoms with E-state index in [4.69, 9.17) is 0 Å². The molecule has 0 unspecified atom stereocenters. The topological polar surface area (TPSA) is 88.2 Å². The summed E-state index contributed by atoms with van der Waals surface area (Å²) in [6, 6.07) is 24.6. The Morgan fingerprint density at radius 1 is 0.906 bits per heavy atom. The fourth-order valence-electron chi connectivity index (χ4n) is 3.61. The summed E-state index contributed by atoms with van der Waals surface area (Å²) in [5, 5.41) is 3.73. The highest BCUT2D eigenvalue weighted by atomic mass is 32.2. The number of rotatable bonds is 7. The number of carbonyl (C=O) groups excluding carboxylic acids is 1. The zero-order valence-corrected chi connectivity index (χ0v) is 18.3. The summed E-state index contributed by atoms with van der Waals surface area (Å²) in [5.74, 6) is -0.352. The van der Waals surface area contributed by atoms with Gasteiger partial charge in [-0.3, -0.25) is 14.5 Å². The van der Waals surface area contributed by atoms with Gasteiger partial charge >= 0.3 is 0 Å². The average Bonchev–Trinajstić information content (AvgIpc) is 2.82. The lowest BCUT2D eigenvalue weighted by Gasteiger charge is -2.19. The molecule has 7 heteroatoms. The summed E-state index contributed by atoms with van der Waals surface area (Å²) < 4.78 is 29.0. The molecule has 1 atom stereocenters. The molecule has 4 rings (SSSR count). The van der Waals surface area contributed by atoms with Gasteiger partial charge in [-0.15, -0.1) is 0 Å². The molecule has 0 aliphatic carbocycles. The maximum absolute atomic E-state index is 13.2. The van der Waals surface area contributed by atoms with Gasteiger partial charge in [-0.2, -0.15) is 0 Å². The van der Waals surface area contributed by atoms with Gasteiger partial charge in [-0.25, -0.2) is 8.42 Å². The number of pyridine rings is 1. The second-order valence-corrected chi connectivity index (χ2v) is 8.98. The molecule has 0 saturated heterocycles. The second kappa shape index (κ2) is 9.20. The molecule has 32 heavy (non-hydrogen) atoms. The predicted molar refractivity (Wildman–Crippen MR) is 126 cm³/mol. The van der Waals surface area contributed by atoms with E-state index in [2.05, 4.69) is 15.0 Å². The SMILES string of the molecule is CC[C@H](NC(=O)c1ccccc1NS(=O)(=O)c1cccc2cccnc12)c1ccccc1. The molecule has 6 nitrogen and oxygen atoms in total. The highest BCUT2D eigenvalue weighted by Gasteiger charge is 2.22. The zero-order valence-electron chi connectivity index (χ0n) is 17.5. The number of nitrogens with one attached hydrogen (secondary N) is 2. The first-order chi connectivity index (χ1) is 15.5. The Morgan fingerprint density at radius 3 is 2.41 bits per heavy atom. The first-order valence-corrected chi connectivity index (χ1v) is 11.8. The highest BCUT2D eigenvalue weighted by Crippen LogP contribution is 2.26. The molecule has 0 aliphatic rings. The second-order valence-electron chi connectivity index (χ2n) is 7.33. The normalized spacial score (nSPS) is 12.3. The summed E-state index contributed by atoms with van der Waals surface area (Å²) in [5.41, 5.74) is 1.82. The van der Waals surface area contributed by atoms with E-state index in [-0.39, 0.29) is 28.1 Å². The van der Waals surface area contributed by atoms with Crippen LogP contribution in [0.1, 0.15) is 35.3 Å². The van der Waals surface area contributed by atoms with Gasteiger partial charge < -0.3 is 5.32 Å². The lowest BCUT2D eigenvalue weighted by atomic mass is 10.0. The highest BCUT2D eigenvalue weighted by molar-refractivity contribution is 7.93. The monoisotopic (exact) mass is 445 g/mol. The van der Waals surface area contributed by atoms with Crippen molar-refractivity contribution in [2.45, 2.75) is 24.3 Å². The first kappa shape index (κ1) is 21.5. The van der Waals surface area contributed by atoms with Gasteiger partial charge in [0.2, 0.25) is 0 Å². The smallest absolute Gasteiger partial charge is 0.264 e. The van der Waals surface area contributed by atoms with Gasteiger partial charge in [0.15, 0.2) is 0 Å². The fraction of sp³-hybridized carbons (Fsp3) is 0.120. The van der Waals surface area contributed by atoms with Crippen molar-refractivity contribution in [3.8, 4) is 0 Å². The Bertz CT molecular complexity index is 1350. The molecule has 2 N–H and O–H groups in total. The molecule has 1 heterocycles. The number of hydrogen-bond donors (Lipinski definition) is 2. The summed E-state index contributed by atoms with van der Waals surface area (Å²) in [6.07, 6.45) is 2.25. The van der Waals surface area contributed by atoms with Crippen LogP contribution in [0.4, 0.5) is 5.69 Å². The minimum Gasteiger partial charge on any atom is -0.345 e. The zero-order chi connectivity index (χ0) is 22.6. The quantitative estimate of drug-likeness (QED) is 0.423. The number of amides is 1. The molecule has 0 bridgehead atoms. The van der Waals surface area contributed by atoms with E-state index in [1.54, 1.807) is 54.7 Å². The molecule has 0 fully saturated rings. The third-order valence-corrected chi connectivity index (χ3v) is 6.61. The molecular weight excluding hydrogens is 422 g/mol. The van der Waals surface area contributed by atoms with Gasteiger partial charge in [0.1, 0.15) is 4.90 Å². The van der Waals surface area contributed by atoms with Crippen molar-refractivity contribution in [1.82, 2.24) is 10.3 Å². The van der Waals surface area contributed by atoms with Crippen LogP contribution in [0.3, 0.4) is 0 Å². The van der Waals surface area contributed by atoms with Gasteiger partial charge in [-0.1, -0.05) is 67.6 Å². The van der Waals surface area contributed by atoms with E-state index >= 15 is 0 Å².